The Morgan fingerprint density at radius 2 is 2.11 bits per heavy atom. The van der Waals surface area contributed by atoms with E-state index in [2.05, 4.69) is 35.1 Å². The van der Waals surface area contributed by atoms with Crippen LogP contribution in [0.5, 0.6) is 0 Å². The molecule has 1 atom stereocenters. The Kier molecular flexibility index (Phi) is 5.02. The molecule has 1 aliphatic heterocycles. The molecule has 1 N–H and O–H groups in total. The van der Waals surface area contributed by atoms with Gasteiger partial charge in [-0.1, -0.05) is 13.8 Å². The van der Waals surface area contributed by atoms with E-state index in [1.807, 2.05) is 12.3 Å². The van der Waals surface area contributed by atoms with Gasteiger partial charge < -0.3 is 15.0 Å². The lowest BCUT2D eigenvalue weighted by Crippen LogP contribution is -2.31. The normalized spacial score (nSPS) is 16.9. The summed E-state index contributed by atoms with van der Waals surface area (Å²) in [6, 6.07) is 4.42. The second kappa shape index (κ2) is 6.75. The Balaban J connectivity index is 2.14. The summed E-state index contributed by atoms with van der Waals surface area (Å²) < 4.78 is 5.31. The van der Waals surface area contributed by atoms with E-state index < -0.39 is 0 Å². The van der Waals surface area contributed by atoms with Crippen molar-refractivity contribution >= 4 is 11.5 Å². The number of anilines is 2. The quantitative estimate of drug-likeness (QED) is 0.856. The summed E-state index contributed by atoms with van der Waals surface area (Å²) in [7, 11) is 1.75. The maximum absolute atomic E-state index is 5.31. The van der Waals surface area contributed by atoms with Gasteiger partial charge in [0.2, 0.25) is 0 Å². The predicted octanol–water partition coefficient (Wildman–Crippen LogP) is 2.76. The number of hydrogen-bond acceptors (Lipinski definition) is 4. The van der Waals surface area contributed by atoms with Gasteiger partial charge in [0.05, 0.1) is 18.3 Å². The van der Waals surface area contributed by atoms with Crippen molar-refractivity contribution < 1.29 is 4.74 Å². The van der Waals surface area contributed by atoms with Gasteiger partial charge in [-0.25, -0.2) is 4.98 Å². The van der Waals surface area contributed by atoms with Crippen molar-refractivity contribution in [3.05, 3.63) is 18.3 Å². The third kappa shape index (κ3) is 3.60. The van der Waals surface area contributed by atoms with E-state index in [4.69, 9.17) is 4.74 Å². The summed E-state index contributed by atoms with van der Waals surface area (Å²) in [5.74, 6) is 1.60. The summed E-state index contributed by atoms with van der Waals surface area (Å²) >= 11 is 0. The second-order valence-corrected chi connectivity index (χ2v) is 5.52. The average molecular weight is 263 g/mol. The summed E-state index contributed by atoms with van der Waals surface area (Å²) in [6.07, 6.45) is 4.41. The van der Waals surface area contributed by atoms with Crippen LogP contribution in [0.4, 0.5) is 11.5 Å². The molecule has 1 aromatic heterocycles. The van der Waals surface area contributed by atoms with E-state index in [1.165, 1.54) is 12.8 Å². The number of rotatable bonds is 6. The molecule has 0 bridgehead atoms. The van der Waals surface area contributed by atoms with Crippen molar-refractivity contribution in [2.75, 3.05) is 37.0 Å². The lowest BCUT2D eigenvalue weighted by molar-refractivity contribution is 0.171. The van der Waals surface area contributed by atoms with Crippen LogP contribution in [0.3, 0.4) is 0 Å². The Labute approximate surface area is 116 Å². The molecular formula is C15H25N3O. The molecule has 1 saturated heterocycles. The van der Waals surface area contributed by atoms with Crippen LogP contribution in [0.2, 0.25) is 0 Å². The van der Waals surface area contributed by atoms with Crippen LogP contribution in [0.15, 0.2) is 18.3 Å². The van der Waals surface area contributed by atoms with Crippen LogP contribution in [0.25, 0.3) is 0 Å². The third-order valence-electron chi connectivity index (χ3n) is 3.68. The van der Waals surface area contributed by atoms with Crippen molar-refractivity contribution in [1.82, 2.24) is 4.98 Å². The van der Waals surface area contributed by atoms with Gasteiger partial charge in [0.25, 0.3) is 0 Å². The Morgan fingerprint density at radius 1 is 1.37 bits per heavy atom. The molecule has 2 heterocycles. The maximum atomic E-state index is 5.31. The molecule has 2 rings (SSSR count). The highest BCUT2D eigenvalue weighted by atomic mass is 16.5. The average Bonchev–Trinajstić information content (AvgIpc) is 2.92. The summed E-state index contributed by atoms with van der Waals surface area (Å²) in [6.45, 7) is 7.36. The molecule has 19 heavy (non-hydrogen) atoms. The number of methoxy groups -OCH3 is 1. The molecule has 1 fully saturated rings. The molecule has 4 heteroatoms. The fourth-order valence-corrected chi connectivity index (χ4v) is 2.47. The van der Waals surface area contributed by atoms with E-state index in [0.29, 0.717) is 18.6 Å². The zero-order chi connectivity index (χ0) is 13.7. The van der Waals surface area contributed by atoms with Crippen molar-refractivity contribution in [3.8, 4) is 0 Å². The highest BCUT2D eigenvalue weighted by Crippen LogP contribution is 2.27. The Morgan fingerprint density at radius 3 is 2.74 bits per heavy atom. The molecule has 0 radical (unpaired) electrons. The number of pyridine rings is 1. The van der Waals surface area contributed by atoms with Crippen LogP contribution < -0.4 is 10.2 Å². The summed E-state index contributed by atoms with van der Waals surface area (Å²) in [4.78, 5) is 6.92. The molecule has 1 unspecified atom stereocenters. The van der Waals surface area contributed by atoms with E-state index in [0.717, 1.165) is 24.6 Å². The fraction of sp³-hybridized carbons (Fsp3) is 0.667. The van der Waals surface area contributed by atoms with Crippen LogP contribution >= 0.6 is 0 Å². The van der Waals surface area contributed by atoms with Crippen LogP contribution in [0.1, 0.15) is 26.7 Å². The zero-order valence-corrected chi connectivity index (χ0v) is 12.2. The molecule has 0 saturated carbocycles. The Hall–Kier alpha value is -1.29. The third-order valence-corrected chi connectivity index (χ3v) is 3.68. The predicted molar refractivity (Wildman–Crippen MR) is 79.8 cm³/mol. The number of ether oxygens (including phenoxy) is 1. The number of nitrogens with one attached hydrogen (secondary N) is 1. The minimum absolute atomic E-state index is 0.315. The van der Waals surface area contributed by atoms with Gasteiger partial charge in [-0.15, -0.1) is 0 Å². The van der Waals surface area contributed by atoms with Crippen molar-refractivity contribution in [2.24, 2.45) is 5.92 Å². The Bertz CT molecular complexity index is 389. The molecule has 0 aliphatic carbocycles. The van der Waals surface area contributed by atoms with Gasteiger partial charge in [0.15, 0.2) is 5.82 Å². The van der Waals surface area contributed by atoms with Crippen LogP contribution in [-0.4, -0.2) is 37.8 Å². The first-order chi connectivity index (χ1) is 9.22. The smallest absolute Gasteiger partial charge is 0.151 e. The largest absolute Gasteiger partial charge is 0.383 e. The van der Waals surface area contributed by atoms with Crippen LogP contribution in [0, 0.1) is 5.92 Å². The molecule has 0 aromatic carbocycles. The van der Waals surface area contributed by atoms with Crippen molar-refractivity contribution in [1.29, 1.82) is 0 Å². The molecule has 4 nitrogen and oxygen atoms in total. The SMILES string of the molecule is COCC(Nc1cccnc1N1CCCC1)C(C)C. The van der Waals surface area contributed by atoms with Crippen LogP contribution in [-0.2, 0) is 4.74 Å². The molecule has 1 aromatic rings. The molecule has 106 valence electrons. The van der Waals surface area contributed by atoms with Gasteiger partial charge in [-0.3, -0.25) is 0 Å². The molecule has 0 amide bonds. The van der Waals surface area contributed by atoms with Crippen molar-refractivity contribution in [3.63, 3.8) is 0 Å². The summed E-state index contributed by atoms with van der Waals surface area (Å²) in [5, 5.41) is 3.60. The molecular weight excluding hydrogens is 238 g/mol. The fourth-order valence-electron chi connectivity index (χ4n) is 2.47. The van der Waals surface area contributed by atoms with Gasteiger partial charge in [-0.2, -0.15) is 0 Å². The van der Waals surface area contributed by atoms with Gasteiger partial charge in [0.1, 0.15) is 0 Å². The minimum atomic E-state index is 0.315. The minimum Gasteiger partial charge on any atom is -0.383 e. The first-order valence-corrected chi connectivity index (χ1v) is 7.18. The molecule has 0 spiro atoms. The number of aromatic nitrogens is 1. The highest BCUT2D eigenvalue weighted by Gasteiger charge is 2.19. The van der Waals surface area contributed by atoms with Gasteiger partial charge in [0, 0.05) is 26.4 Å². The van der Waals surface area contributed by atoms with E-state index in [9.17, 15) is 0 Å². The van der Waals surface area contributed by atoms with E-state index >= 15 is 0 Å². The van der Waals surface area contributed by atoms with Gasteiger partial charge >= 0.3 is 0 Å². The summed E-state index contributed by atoms with van der Waals surface area (Å²) in [5.41, 5.74) is 1.13. The van der Waals surface area contributed by atoms with E-state index in [1.54, 1.807) is 7.11 Å². The monoisotopic (exact) mass is 263 g/mol. The lowest BCUT2D eigenvalue weighted by atomic mass is 10.1. The highest BCUT2D eigenvalue weighted by molar-refractivity contribution is 5.66. The number of nitrogens with zero attached hydrogens (tertiary/aromatic N) is 2. The lowest BCUT2D eigenvalue weighted by Gasteiger charge is -2.26. The van der Waals surface area contributed by atoms with Gasteiger partial charge in [-0.05, 0) is 30.9 Å². The number of hydrogen-bond donors (Lipinski definition) is 1. The maximum Gasteiger partial charge on any atom is 0.151 e. The second-order valence-electron chi connectivity index (χ2n) is 5.52. The zero-order valence-electron chi connectivity index (χ0n) is 12.2. The topological polar surface area (TPSA) is 37.4 Å². The van der Waals surface area contributed by atoms with Crippen molar-refractivity contribution in [2.45, 2.75) is 32.7 Å². The molecule has 1 aliphatic rings. The first kappa shape index (κ1) is 14.1. The standard InChI is InChI=1S/C15H25N3O/c1-12(2)14(11-19-3)17-13-7-6-8-16-15(13)18-9-4-5-10-18/h6-8,12,14,17H,4-5,9-11H2,1-3H3. The first-order valence-electron chi connectivity index (χ1n) is 7.18. The van der Waals surface area contributed by atoms with E-state index in [-0.39, 0.29) is 0 Å².